The summed E-state index contributed by atoms with van der Waals surface area (Å²) in [6, 6.07) is 38.0. The van der Waals surface area contributed by atoms with Crippen LogP contribution in [0.2, 0.25) is 0 Å². The molecule has 0 saturated heterocycles. The molecule has 4 nitrogen and oxygen atoms in total. The molecule has 0 spiro atoms. The van der Waals surface area contributed by atoms with Gasteiger partial charge >= 0.3 is 0 Å². The molecule has 0 fully saturated rings. The van der Waals surface area contributed by atoms with Gasteiger partial charge in [-0.25, -0.2) is 4.68 Å². The molecule has 0 amide bonds. The maximum Gasteiger partial charge on any atom is 0.138 e. The zero-order valence-corrected chi connectivity index (χ0v) is 21.1. The quantitative estimate of drug-likeness (QED) is 0.123. The summed E-state index contributed by atoms with van der Waals surface area (Å²) in [5.74, 6) is 0.812. The van der Waals surface area contributed by atoms with E-state index in [4.69, 9.17) is 14.6 Å². The lowest BCUT2D eigenvalue weighted by molar-refractivity contribution is 0.146. The number of methoxy groups -OCH3 is 1. The van der Waals surface area contributed by atoms with Crippen molar-refractivity contribution in [3.05, 3.63) is 130 Å². The Morgan fingerprint density at radius 3 is 1.76 bits per heavy atom. The van der Waals surface area contributed by atoms with Crippen LogP contribution in [0.15, 0.2) is 109 Å². The number of fused-ring (bicyclic) bond motifs is 1. The van der Waals surface area contributed by atoms with Crippen LogP contribution in [0.1, 0.15) is 16.7 Å². The Labute approximate surface area is 213 Å². The van der Waals surface area contributed by atoms with Crippen LogP contribution < -0.4 is 4.74 Å². The van der Waals surface area contributed by atoms with E-state index in [-0.39, 0.29) is 0 Å². The van der Waals surface area contributed by atoms with Crippen LogP contribution in [0.4, 0.5) is 0 Å². The standard InChI is InChI=1S/C29H25IN2O2/c1-33-19-20-34-25-17-18-27-26(21-25)28(30)31-32(27)29(22-11-5-2-6-12-22,23-13-7-3-8-14-23)24-15-9-4-10-16-24/h2-18,21H,19-20H2,1H3. The van der Waals surface area contributed by atoms with Crippen molar-refractivity contribution >= 4 is 33.5 Å². The van der Waals surface area contributed by atoms with Gasteiger partial charge in [-0.05, 0) is 57.5 Å². The van der Waals surface area contributed by atoms with Gasteiger partial charge in [0.2, 0.25) is 0 Å². The first-order valence-corrected chi connectivity index (χ1v) is 12.3. The maximum atomic E-state index is 5.89. The smallest absolute Gasteiger partial charge is 0.138 e. The number of ether oxygens (including phenoxy) is 2. The fraction of sp³-hybridized carbons (Fsp3) is 0.138. The molecule has 0 bridgehead atoms. The molecule has 0 radical (unpaired) electrons. The zero-order chi connectivity index (χ0) is 23.4. The van der Waals surface area contributed by atoms with Crippen molar-refractivity contribution < 1.29 is 9.47 Å². The average molecular weight is 560 g/mol. The molecule has 170 valence electrons. The second-order valence-corrected chi connectivity index (χ2v) is 9.05. The molecule has 0 unspecified atom stereocenters. The molecule has 5 rings (SSSR count). The van der Waals surface area contributed by atoms with Gasteiger partial charge in [-0.15, -0.1) is 0 Å². The highest BCUT2D eigenvalue weighted by Gasteiger charge is 2.40. The molecule has 0 aliphatic rings. The SMILES string of the molecule is COCCOc1ccc2c(c1)c(I)nn2C(c1ccccc1)(c1ccccc1)c1ccccc1. The van der Waals surface area contributed by atoms with E-state index in [0.717, 1.165) is 37.0 Å². The second-order valence-electron chi connectivity index (χ2n) is 8.03. The van der Waals surface area contributed by atoms with Gasteiger partial charge in [0.15, 0.2) is 0 Å². The van der Waals surface area contributed by atoms with E-state index in [0.29, 0.717) is 13.2 Å². The molecule has 5 aromatic rings. The lowest BCUT2D eigenvalue weighted by Crippen LogP contribution is -2.38. The van der Waals surface area contributed by atoms with Crippen molar-refractivity contribution in [1.29, 1.82) is 0 Å². The molecule has 0 aliphatic carbocycles. The molecule has 5 heteroatoms. The second kappa shape index (κ2) is 9.99. The number of rotatable bonds is 8. The van der Waals surface area contributed by atoms with E-state index in [1.807, 2.05) is 6.07 Å². The first kappa shape index (κ1) is 22.6. The van der Waals surface area contributed by atoms with Gasteiger partial charge in [-0.2, -0.15) is 5.10 Å². The van der Waals surface area contributed by atoms with Crippen molar-refractivity contribution in [3.8, 4) is 5.75 Å². The van der Waals surface area contributed by atoms with E-state index in [1.54, 1.807) is 7.11 Å². The minimum absolute atomic E-state index is 0.509. The summed E-state index contributed by atoms with van der Waals surface area (Å²) < 4.78 is 14.1. The Balaban J connectivity index is 1.81. The topological polar surface area (TPSA) is 36.3 Å². The third kappa shape index (κ3) is 3.99. The summed E-state index contributed by atoms with van der Waals surface area (Å²) >= 11 is 2.33. The normalized spacial score (nSPS) is 11.6. The first-order chi connectivity index (χ1) is 16.7. The van der Waals surface area contributed by atoms with Gasteiger partial charge in [0.25, 0.3) is 0 Å². The summed E-state index contributed by atoms with van der Waals surface area (Å²) in [5, 5.41) is 6.21. The first-order valence-electron chi connectivity index (χ1n) is 11.2. The molecule has 34 heavy (non-hydrogen) atoms. The van der Waals surface area contributed by atoms with Crippen LogP contribution >= 0.6 is 22.6 Å². The van der Waals surface area contributed by atoms with E-state index in [9.17, 15) is 0 Å². The van der Waals surface area contributed by atoms with Crippen molar-refractivity contribution in [2.24, 2.45) is 0 Å². The summed E-state index contributed by atoms with van der Waals surface area (Å²) in [6.45, 7) is 1.06. The van der Waals surface area contributed by atoms with Crippen LogP contribution in [0, 0.1) is 3.70 Å². The van der Waals surface area contributed by atoms with Crippen LogP contribution in [0.3, 0.4) is 0 Å². The molecule has 0 saturated carbocycles. The van der Waals surface area contributed by atoms with Gasteiger partial charge in [0.05, 0.1) is 12.1 Å². The summed E-state index contributed by atoms with van der Waals surface area (Å²) in [6.07, 6.45) is 0. The van der Waals surface area contributed by atoms with Crippen LogP contribution in [0.25, 0.3) is 10.9 Å². The van der Waals surface area contributed by atoms with Crippen LogP contribution in [-0.2, 0) is 10.3 Å². The highest BCUT2D eigenvalue weighted by Crippen LogP contribution is 2.43. The minimum Gasteiger partial charge on any atom is -0.491 e. The highest BCUT2D eigenvalue weighted by atomic mass is 127. The average Bonchev–Trinajstić information content (AvgIpc) is 3.23. The predicted octanol–water partition coefficient (Wildman–Crippen LogP) is 6.51. The largest absolute Gasteiger partial charge is 0.491 e. The fourth-order valence-electron chi connectivity index (χ4n) is 4.55. The Hall–Kier alpha value is -3.16. The third-order valence-electron chi connectivity index (χ3n) is 6.05. The van der Waals surface area contributed by atoms with E-state index >= 15 is 0 Å². The lowest BCUT2D eigenvalue weighted by Gasteiger charge is -2.37. The van der Waals surface area contributed by atoms with E-state index < -0.39 is 5.54 Å². The molecule has 0 aliphatic heterocycles. The molecule has 1 heterocycles. The van der Waals surface area contributed by atoms with E-state index in [1.165, 1.54) is 0 Å². The molecular formula is C29H25IN2O2. The maximum absolute atomic E-state index is 5.89. The Morgan fingerprint density at radius 1 is 0.735 bits per heavy atom. The lowest BCUT2D eigenvalue weighted by atomic mass is 9.77. The summed E-state index contributed by atoms with van der Waals surface area (Å²) in [5.41, 5.74) is 3.83. The molecule has 0 N–H and O–H groups in total. The zero-order valence-electron chi connectivity index (χ0n) is 18.9. The Morgan fingerprint density at radius 2 is 1.26 bits per heavy atom. The monoisotopic (exact) mass is 560 g/mol. The third-order valence-corrected chi connectivity index (χ3v) is 6.85. The number of aromatic nitrogens is 2. The number of hydrogen-bond acceptors (Lipinski definition) is 3. The van der Waals surface area contributed by atoms with Crippen LogP contribution in [-0.4, -0.2) is 30.1 Å². The highest BCUT2D eigenvalue weighted by molar-refractivity contribution is 14.1. The van der Waals surface area contributed by atoms with Gasteiger partial charge in [-0.1, -0.05) is 91.0 Å². The minimum atomic E-state index is -0.649. The molecule has 4 aromatic carbocycles. The Kier molecular flexibility index (Phi) is 6.65. The van der Waals surface area contributed by atoms with Crippen molar-refractivity contribution in [2.75, 3.05) is 20.3 Å². The van der Waals surface area contributed by atoms with Crippen LogP contribution in [0.5, 0.6) is 5.75 Å². The van der Waals surface area contributed by atoms with Gasteiger partial charge in [0.1, 0.15) is 21.6 Å². The van der Waals surface area contributed by atoms with Crippen molar-refractivity contribution in [1.82, 2.24) is 9.78 Å². The molecule has 1 aromatic heterocycles. The fourth-order valence-corrected chi connectivity index (χ4v) is 5.20. The van der Waals surface area contributed by atoms with Gasteiger partial charge in [0, 0.05) is 12.5 Å². The molecule has 0 atom stereocenters. The van der Waals surface area contributed by atoms with Crippen molar-refractivity contribution in [3.63, 3.8) is 0 Å². The number of hydrogen-bond donors (Lipinski definition) is 0. The number of nitrogens with zero attached hydrogens (tertiary/aromatic N) is 2. The van der Waals surface area contributed by atoms with Gasteiger partial charge in [-0.3, -0.25) is 0 Å². The summed E-state index contributed by atoms with van der Waals surface area (Å²) in [4.78, 5) is 0. The van der Waals surface area contributed by atoms with Gasteiger partial charge < -0.3 is 9.47 Å². The van der Waals surface area contributed by atoms with E-state index in [2.05, 4.69) is 130 Å². The summed E-state index contributed by atoms with van der Waals surface area (Å²) in [7, 11) is 1.68. The van der Waals surface area contributed by atoms with Crippen molar-refractivity contribution in [2.45, 2.75) is 5.54 Å². The number of halogens is 1. The number of benzene rings is 4. The molecular weight excluding hydrogens is 535 g/mol. The predicted molar refractivity (Wildman–Crippen MR) is 144 cm³/mol. The Bertz CT molecular complexity index is 1270.